The minimum Gasteiger partial charge on any atom is -0.493 e. The molecule has 0 N–H and O–H groups in total. The van der Waals surface area contributed by atoms with Crippen LogP contribution in [0, 0.1) is 0 Å². The molecule has 0 spiro atoms. The van der Waals surface area contributed by atoms with E-state index in [2.05, 4.69) is 4.99 Å². The molecule has 0 saturated carbocycles. The molecule has 3 rings (SSSR count). The van der Waals surface area contributed by atoms with E-state index in [1.165, 1.54) is 18.9 Å². The van der Waals surface area contributed by atoms with Gasteiger partial charge in [0.25, 0.3) is 5.91 Å². The molecule has 1 heterocycles. The van der Waals surface area contributed by atoms with Crippen LogP contribution in [0.4, 0.5) is 5.69 Å². The summed E-state index contributed by atoms with van der Waals surface area (Å²) in [5.74, 6) is 0.732. The summed E-state index contributed by atoms with van der Waals surface area (Å²) in [6, 6.07) is 12.4. The number of nitrogens with zero attached hydrogens (tertiary/aromatic N) is 2. The van der Waals surface area contributed by atoms with Gasteiger partial charge < -0.3 is 14.2 Å². The fraction of sp³-hybridized carbons (Fsp3) is 0.292. The van der Waals surface area contributed by atoms with Gasteiger partial charge in [-0.2, -0.15) is 0 Å². The van der Waals surface area contributed by atoms with Crippen molar-refractivity contribution >= 4 is 40.6 Å². The summed E-state index contributed by atoms with van der Waals surface area (Å²) in [6.07, 6.45) is 2.72. The molecule has 0 atom stereocenters. The maximum Gasteiger partial charge on any atom is 0.337 e. The van der Waals surface area contributed by atoms with E-state index in [-0.39, 0.29) is 5.91 Å². The molecular formula is C24H26N2O5S. The number of hydrogen-bond donors (Lipinski definition) is 0. The third kappa shape index (κ3) is 5.31. The molecule has 0 aromatic heterocycles. The highest BCUT2D eigenvalue weighted by Gasteiger charge is 2.32. The number of rotatable bonds is 8. The molecule has 1 amide bonds. The molecule has 1 fully saturated rings. The fourth-order valence-electron chi connectivity index (χ4n) is 3.06. The second-order valence-electron chi connectivity index (χ2n) is 6.86. The van der Waals surface area contributed by atoms with Gasteiger partial charge in [0.05, 0.1) is 37.0 Å². The molecule has 1 saturated heterocycles. The van der Waals surface area contributed by atoms with Crippen LogP contribution < -0.4 is 9.47 Å². The van der Waals surface area contributed by atoms with Gasteiger partial charge in [-0.25, -0.2) is 9.79 Å². The first-order chi connectivity index (χ1) is 15.5. The van der Waals surface area contributed by atoms with Crippen LogP contribution in [0.25, 0.3) is 6.08 Å². The zero-order chi connectivity index (χ0) is 23.1. The maximum atomic E-state index is 13.0. The molecule has 8 heteroatoms. The zero-order valence-electron chi connectivity index (χ0n) is 18.6. The number of ether oxygens (including phenoxy) is 3. The quantitative estimate of drug-likeness (QED) is 0.417. The first-order valence-electron chi connectivity index (χ1n) is 10.3. The number of methoxy groups -OCH3 is 2. The zero-order valence-corrected chi connectivity index (χ0v) is 19.4. The second-order valence-corrected chi connectivity index (χ2v) is 7.86. The summed E-state index contributed by atoms with van der Waals surface area (Å²) < 4.78 is 15.9. The molecule has 32 heavy (non-hydrogen) atoms. The Morgan fingerprint density at radius 3 is 2.62 bits per heavy atom. The van der Waals surface area contributed by atoms with E-state index in [1.54, 1.807) is 36.3 Å². The standard InChI is InChI=1S/C24H26N2O5S/c1-5-12-31-19-11-10-16(13-20(19)29-3)14-21-22(27)26(6-2)24(32-21)25-18-9-7-8-17(15-18)23(28)30-4/h7-11,13-15H,5-6,12H2,1-4H3. The van der Waals surface area contributed by atoms with E-state index < -0.39 is 5.97 Å². The average molecular weight is 455 g/mol. The van der Waals surface area contributed by atoms with Crippen LogP contribution in [-0.2, 0) is 9.53 Å². The van der Waals surface area contributed by atoms with Gasteiger partial charge in [0.2, 0.25) is 0 Å². The first-order valence-corrected chi connectivity index (χ1v) is 11.1. The third-order valence-corrected chi connectivity index (χ3v) is 5.65. The average Bonchev–Trinajstić information content (AvgIpc) is 3.11. The van der Waals surface area contributed by atoms with Gasteiger partial charge in [-0.15, -0.1) is 0 Å². The fourth-order valence-corrected chi connectivity index (χ4v) is 4.12. The number of amides is 1. The molecule has 2 aromatic rings. The second kappa shape index (κ2) is 10.9. The van der Waals surface area contributed by atoms with Crippen molar-refractivity contribution in [1.29, 1.82) is 0 Å². The Morgan fingerprint density at radius 2 is 1.94 bits per heavy atom. The molecule has 0 aliphatic carbocycles. The number of aliphatic imine (C=N–C) groups is 1. The number of amidine groups is 1. The number of carbonyl (C=O) groups excluding carboxylic acids is 2. The van der Waals surface area contributed by atoms with Crippen molar-refractivity contribution in [3.8, 4) is 11.5 Å². The monoisotopic (exact) mass is 454 g/mol. The normalized spacial score (nSPS) is 16.0. The van der Waals surface area contributed by atoms with Crippen LogP contribution in [-0.4, -0.2) is 49.3 Å². The minimum atomic E-state index is -0.435. The molecule has 1 aliphatic rings. The summed E-state index contributed by atoms with van der Waals surface area (Å²) in [7, 11) is 2.92. The summed E-state index contributed by atoms with van der Waals surface area (Å²) >= 11 is 1.29. The number of thioether (sulfide) groups is 1. The molecule has 7 nitrogen and oxygen atoms in total. The summed E-state index contributed by atoms with van der Waals surface area (Å²) in [5.41, 5.74) is 1.80. The van der Waals surface area contributed by atoms with Crippen LogP contribution in [0.2, 0.25) is 0 Å². The van der Waals surface area contributed by atoms with E-state index in [9.17, 15) is 9.59 Å². The van der Waals surface area contributed by atoms with Crippen molar-refractivity contribution in [3.63, 3.8) is 0 Å². The third-order valence-electron chi connectivity index (χ3n) is 4.64. The Labute approximate surface area is 192 Å². The van der Waals surface area contributed by atoms with E-state index >= 15 is 0 Å². The van der Waals surface area contributed by atoms with Crippen LogP contribution in [0.5, 0.6) is 11.5 Å². The SMILES string of the molecule is CCCOc1ccc(C=C2SC(=Nc3cccc(C(=O)OC)c3)N(CC)C2=O)cc1OC. The Balaban J connectivity index is 1.89. The van der Waals surface area contributed by atoms with Gasteiger partial charge in [0.15, 0.2) is 16.7 Å². The Bertz CT molecular complexity index is 1060. The van der Waals surface area contributed by atoms with Crippen molar-refractivity contribution < 1.29 is 23.8 Å². The topological polar surface area (TPSA) is 77.4 Å². The molecular weight excluding hydrogens is 428 g/mol. The number of hydrogen-bond acceptors (Lipinski definition) is 7. The van der Waals surface area contributed by atoms with E-state index in [1.807, 2.05) is 38.1 Å². The van der Waals surface area contributed by atoms with Crippen molar-refractivity contribution in [2.45, 2.75) is 20.3 Å². The van der Waals surface area contributed by atoms with Crippen molar-refractivity contribution in [3.05, 3.63) is 58.5 Å². The Morgan fingerprint density at radius 1 is 1.12 bits per heavy atom. The van der Waals surface area contributed by atoms with Gasteiger partial charge >= 0.3 is 5.97 Å². The highest BCUT2D eigenvalue weighted by molar-refractivity contribution is 8.18. The Hall–Kier alpha value is -3.26. The molecule has 168 valence electrons. The van der Waals surface area contributed by atoms with Crippen molar-refractivity contribution in [2.24, 2.45) is 4.99 Å². The van der Waals surface area contributed by atoms with Gasteiger partial charge in [0, 0.05) is 6.54 Å². The van der Waals surface area contributed by atoms with Crippen LogP contribution in [0.3, 0.4) is 0 Å². The first kappa shape index (κ1) is 23.4. The Kier molecular flexibility index (Phi) is 7.94. The number of esters is 1. The van der Waals surface area contributed by atoms with Crippen LogP contribution in [0.15, 0.2) is 52.4 Å². The smallest absolute Gasteiger partial charge is 0.337 e. The van der Waals surface area contributed by atoms with E-state index in [0.717, 1.165) is 12.0 Å². The number of likely N-dealkylation sites (N-methyl/N-ethyl adjacent to an activating group) is 1. The lowest BCUT2D eigenvalue weighted by molar-refractivity contribution is -0.122. The highest BCUT2D eigenvalue weighted by atomic mass is 32.2. The molecule has 0 radical (unpaired) electrons. The minimum absolute atomic E-state index is 0.120. The van der Waals surface area contributed by atoms with Gasteiger partial charge in [-0.05, 0) is 67.1 Å². The summed E-state index contributed by atoms with van der Waals surface area (Å²) in [5, 5.41) is 0.556. The van der Waals surface area contributed by atoms with Crippen molar-refractivity contribution in [2.75, 3.05) is 27.4 Å². The summed E-state index contributed by atoms with van der Waals surface area (Å²) in [4.78, 5) is 31.5. The van der Waals surface area contributed by atoms with Crippen LogP contribution >= 0.6 is 11.8 Å². The molecule has 2 aromatic carbocycles. The number of carbonyl (C=O) groups is 2. The molecule has 0 bridgehead atoms. The summed E-state index contributed by atoms with van der Waals surface area (Å²) in [6.45, 7) is 5.02. The lowest BCUT2D eigenvalue weighted by atomic mass is 10.2. The predicted octanol–water partition coefficient (Wildman–Crippen LogP) is 4.89. The van der Waals surface area contributed by atoms with E-state index in [4.69, 9.17) is 14.2 Å². The lowest BCUT2D eigenvalue weighted by Gasteiger charge is -2.12. The molecule has 0 unspecified atom stereocenters. The number of benzene rings is 2. The van der Waals surface area contributed by atoms with Gasteiger partial charge in [-0.3, -0.25) is 9.69 Å². The van der Waals surface area contributed by atoms with Gasteiger partial charge in [0.1, 0.15) is 0 Å². The maximum absolute atomic E-state index is 13.0. The van der Waals surface area contributed by atoms with Crippen LogP contribution in [0.1, 0.15) is 36.2 Å². The largest absolute Gasteiger partial charge is 0.493 e. The van der Waals surface area contributed by atoms with E-state index in [0.29, 0.717) is 46.0 Å². The highest BCUT2D eigenvalue weighted by Crippen LogP contribution is 2.36. The predicted molar refractivity (Wildman–Crippen MR) is 127 cm³/mol. The lowest BCUT2D eigenvalue weighted by Crippen LogP contribution is -2.28. The van der Waals surface area contributed by atoms with Crippen molar-refractivity contribution in [1.82, 2.24) is 4.90 Å². The molecule has 1 aliphatic heterocycles. The van der Waals surface area contributed by atoms with Gasteiger partial charge in [-0.1, -0.05) is 19.1 Å².